The Hall–Kier alpha value is -3.55. The third-order valence-corrected chi connectivity index (χ3v) is 3.63. The average Bonchev–Trinajstić information content (AvgIpc) is 2.66. The van der Waals surface area contributed by atoms with Crippen molar-refractivity contribution in [3.05, 3.63) is 54.1 Å². The summed E-state index contributed by atoms with van der Waals surface area (Å²) >= 11 is 0. The van der Waals surface area contributed by atoms with Crippen LogP contribution in [0.2, 0.25) is 0 Å². The molecule has 0 aliphatic rings. The Balaban J connectivity index is 1.81. The minimum absolute atomic E-state index is 0.185. The van der Waals surface area contributed by atoms with Crippen molar-refractivity contribution in [3.63, 3.8) is 0 Å². The minimum Gasteiger partial charge on any atom is -0.497 e. The number of rotatable bonds is 7. The number of nitrogens with two attached hydrogens (primary N) is 1. The Kier molecular flexibility index (Phi) is 6.76. The van der Waals surface area contributed by atoms with Gasteiger partial charge in [-0.1, -0.05) is 6.07 Å². The highest BCUT2D eigenvalue weighted by Gasteiger charge is 2.16. The Morgan fingerprint density at radius 1 is 1.11 bits per heavy atom. The van der Waals surface area contributed by atoms with Gasteiger partial charge in [0, 0.05) is 24.5 Å². The molecule has 0 aliphatic carbocycles. The van der Waals surface area contributed by atoms with Crippen LogP contribution in [0.3, 0.4) is 0 Å². The fraction of sp³-hybridized carbons (Fsp3) is 0.211. The molecule has 0 aromatic heterocycles. The van der Waals surface area contributed by atoms with Crippen LogP contribution >= 0.6 is 0 Å². The van der Waals surface area contributed by atoms with Crippen LogP contribution in [0.5, 0.6) is 5.75 Å². The van der Waals surface area contributed by atoms with E-state index in [0.717, 1.165) is 0 Å². The number of methoxy groups -OCH3 is 1. The number of likely N-dealkylation sites (N-methyl/N-ethyl adjacent to an activating group) is 1. The summed E-state index contributed by atoms with van der Waals surface area (Å²) in [6, 6.07) is 13.0. The third-order valence-electron chi connectivity index (χ3n) is 3.63. The number of nitrogen functional groups attached to an aromatic ring is 1. The van der Waals surface area contributed by atoms with Gasteiger partial charge in [-0.05, 0) is 36.4 Å². The number of hydrogen-bond donors (Lipinski definition) is 2. The lowest BCUT2D eigenvalue weighted by Gasteiger charge is -2.17. The summed E-state index contributed by atoms with van der Waals surface area (Å²) in [5.74, 6) is -0.923. The second-order valence-electron chi connectivity index (χ2n) is 5.73. The molecule has 27 heavy (non-hydrogen) atoms. The van der Waals surface area contributed by atoms with E-state index in [1.165, 1.54) is 31.2 Å². The maximum Gasteiger partial charge on any atom is 0.338 e. The van der Waals surface area contributed by atoms with Crippen LogP contribution in [0.25, 0.3) is 0 Å². The van der Waals surface area contributed by atoms with Crippen molar-refractivity contribution in [1.29, 1.82) is 0 Å². The lowest BCUT2D eigenvalue weighted by Crippen LogP contribution is -2.37. The summed E-state index contributed by atoms with van der Waals surface area (Å²) in [5.41, 5.74) is 6.91. The highest BCUT2D eigenvalue weighted by atomic mass is 16.5. The molecule has 0 atom stereocenters. The number of hydrogen-bond acceptors (Lipinski definition) is 6. The molecule has 0 saturated heterocycles. The van der Waals surface area contributed by atoms with E-state index in [2.05, 4.69) is 5.32 Å². The SMILES string of the molecule is COc1cccc(NC(=O)CN(C)C(=O)COC(=O)c2ccc(N)cc2)c1. The van der Waals surface area contributed by atoms with Crippen LogP contribution in [0, 0.1) is 0 Å². The quantitative estimate of drug-likeness (QED) is 0.564. The summed E-state index contributed by atoms with van der Waals surface area (Å²) in [6.07, 6.45) is 0. The van der Waals surface area contributed by atoms with Crippen LogP contribution in [-0.2, 0) is 14.3 Å². The predicted molar refractivity (Wildman–Crippen MR) is 100 cm³/mol. The van der Waals surface area contributed by atoms with Crippen molar-refractivity contribution in [2.24, 2.45) is 0 Å². The molecular weight excluding hydrogens is 350 g/mol. The van der Waals surface area contributed by atoms with E-state index in [1.54, 1.807) is 36.4 Å². The maximum atomic E-state index is 12.1. The smallest absolute Gasteiger partial charge is 0.338 e. The van der Waals surface area contributed by atoms with Gasteiger partial charge < -0.3 is 25.4 Å². The molecule has 8 nitrogen and oxygen atoms in total. The number of ether oxygens (including phenoxy) is 2. The lowest BCUT2D eigenvalue weighted by atomic mass is 10.2. The van der Waals surface area contributed by atoms with E-state index in [1.807, 2.05) is 0 Å². The molecule has 2 aromatic rings. The fourth-order valence-corrected chi connectivity index (χ4v) is 2.14. The average molecular weight is 371 g/mol. The zero-order chi connectivity index (χ0) is 19.8. The molecule has 142 valence electrons. The Bertz CT molecular complexity index is 820. The first kappa shape index (κ1) is 19.8. The number of nitrogens with one attached hydrogen (secondary N) is 1. The monoisotopic (exact) mass is 371 g/mol. The molecule has 0 bridgehead atoms. The van der Waals surface area contributed by atoms with E-state index < -0.39 is 18.5 Å². The molecule has 0 unspecified atom stereocenters. The topological polar surface area (TPSA) is 111 Å². The minimum atomic E-state index is -0.641. The first-order valence-electron chi connectivity index (χ1n) is 8.09. The molecule has 0 heterocycles. The predicted octanol–water partition coefficient (Wildman–Crippen LogP) is 1.53. The standard InChI is InChI=1S/C19H21N3O5/c1-22(11-17(23)21-15-4-3-5-16(10-15)26-2)18(24)12-27-19(25)13-6-8-14(20)9-7-13/h3-10H,11-12,20H2,1-2H3,(H,21,23). The second-order valence-corrected chi connectivity index (χ2v) is 5.73. The molecular formula is C19H21N3O5. The first-order chi connectivity index (χ1) is 12.9. The van der Waals surface area contributed by atoms with Crippen LogP contribution in [0.15, 0.2) is 48.5 Å². The van der Waals surface area contributed by atoms with Gasteiger partial charge in [-0.25, -0.2) is 4.79 Å². The number of nitrogens with zero attached hydrogens (tertiary/aromatic N) is 1. The van der Waals surface area contributed by atoms with Gasteiger partial charge in [0.2, 0.25) is 5.91 Å². The van der Waals surface area contributed by atoms with Gasteiger partial charge in [0.1, 0.15) is 5.75 Å². The number of carbonyl (C=O) groups is 3. The number of benzene rings is 2. The van der Waals surface area contributed by atoms with E-state index in [4.69, 9.17) is 15.2 Å². The van der Waals surface area contributed by atoms with E-state index in [-0.39, 0.29) is 18.0 Å². The van der Waals surface area contributed by atoms with Gasteiger partial charge in [-0.15, -0.1) is 0 Å². The number of carbonyl (C=O) groups excluding carboxylic acids is 3. The zero-order valence-electron chi connectivity index (χ0n) is 15.1. The molecule has 0 aliphatic heterocycles. The van der Waals surface area contributed by atoms with Crippen molar-refractivity contribution in [2.75, 3.05) is 38.4 Å². The molecule has 2 aromatic carbocycles. The van der Waals surface area contributed by atoms with Gasteiger partial charge in [0.05, 0.1) is 19.2 Å². The van der Waals surface area contributed by atoms with Crippen LogP contribution in [0.4, 0.5) is 11.4 Å². The Labute approximate surface area is 156 Å². The summed E-state index contributed by atoms with van der Waals surface area (Å²) in [6.45, 7) is -0.651. The van der Waals surface area contributed by atoms with Crippen molar-refractivity contribution in [2.45, 2.75) is 0 Å². The summed E-state index contributed by atoms with van der Waals surface area (Å²) < 4.78 is 10.0. The first-order valence-corrected chi connectivity index (χ1v) is 8.09. The normalized spacial score (nSPS) is 10.0. The molecule has 0 spiro atoms. The zero-order valence-corrected chi connectivity index (χ0v) is 15.1. The van der Waals surface area contributed by atoms with Crippen LogP contribution in [-0.4, -0.2) is 50.0 Å². The molecule has 0 saturated carbocycles. The summed E-state index contributed by atoms with van der Waals surface area (Å²) in [7, 11) is 2.98. The Morgan fingerprint density at radius 2 is 1.81 bits per heavy atom. The molecule has 3 N–H and O–H groups in total. The highest BCUT2D eigenvalue weighted by molar-refractivity contribution is 5.95. The van der Waals surface area contributed by atoms with E-state index >= 15 is 0 Å². The van der Waals surface area contributed by atoms with Gasteiger partial charge in [-0.3, -0.25) is 9.59 Å². The molecule has 0 radical (unpaired) electrons. The van der Waals surface area contributed by atoms with Crippen LogP contribution in [0.1, 0.15) is 10.4 Å². The van der Waals surface area contributed by atoms with Gasteiger partial charge in [0.25, 0.3) is 5.91 Å². The highest BCUT2D eigenvalue weighted by Crippen LogP contribution is 2.16. The largest absolute Gasteiger partial charge is 0.497 e. The molecule has 8 heteroatoms. The van der Waals surface area contributed by atoms with Gasteiger partial charge in [0.15, 0.2) is 6.61 Å². The summed E-state index contributed by atoms with van der Waals surface area (Å²) in [4.78, 5) is 37.2. The van der Waals surface area contributed by atoms with Crippen molar-refractivity contribution in [3.8, 4) is 5.75 Å². The summed E-state index contributed by atoms with van der Waals surface area (Å²) in [5, 5.41) is 2.67. The van der Waals surface area contributed by atoms with Crippen molar-refractivity contribution < 1.29 is 23.9 Å². The molecule has 2 amide bonds. The van der Waals surface area contributed by atoms with Crippen LogP contribution < -0.4 is 15.8 Å². The van der Waals surface area contributed by atoms with Gasteiger partial charge >= 0.3 is 5.97 Å². The number of esters is 1. The second kappa shape index (κ2) is 9.23. The Morgan fingerprint density at radius 3 is 2.48 bits per heavy atom. The fourth-order valence-electron chi connectivity index (χ4n) is 2.14. The van der Waals surface area contributed by atoms with Crippen molar-refractivity contribution >= 4 is 29.2 Å². The third kappa shape index (κ3) is 6.03. The number of amides is 2. The van der Waals surface area contributed by atoms with Gasteiger partial charge in [-0.2, -0.15) is 0 Å². The maximum absolute atomic E-state index is 12.1. The molecule has 0 fully saturated rings. The van der Waals surface area contributed by atoms with E-state index in [9.17, 15) is 14.4 Å². The number of anilines is 2. The van der Waals surface area contributed by atoms with Crippen molar-refractivity contribution in [1.82, 2.24) is 4.90 Å². The molecule has 2 rings (SSSR count). The lowest BCUT2D eigenvalue weighted by molar-refractivity contribution is -0.136. The van der Waals surface area contributed by atoms with E-state index in [0.29, 0.717) is 17.1 Å².